The van der Waals surface area contributed by atoms with Crippen LogP contribution in [0.1, 0.15) is 38.5 Å². The van der Waals surface area contributed by atoms with Crippen LogP contribution in [0.4, 0.5) is 0 Å². The highest BCUT2D eigenvalue weighted by atomic mass is 35.5. The molecule has 0 aromatic rings. The molecule has 2 fully saturated rings. The number of rotatable bonds is 5. The monoisotopic (exact) mass is 290 g/mol. The minimum atomic E-state index is 0. The third-order valence-electron chi connectivity index (χ3n) is 4.48. The smallest absolute Gasteiger partial charge is 0.223 e. The number of halogens is 1. The summed E-state index contributed by atoms with van der Waals surface area (Å²) in [6.45, 7) is 3.59. The predicted molar refractivity (Wildman–Crippen MR) is 78.6 cm³/mol. The summed E-state index contributed by atoms with van der Waals surface area (Å²) >= 11 is 0. The molecule has 4 nitrogen and oxygen atoms in total. The number of ether oxygens (including phenoxy) is 1. The maximum atomic E-state index is 12.1. The van der Waals surface area contributed by atoms with Gasteiger partial charge in [0.2, 0.25) is 5.91 Å². The fourth-order valence-electron chi connectivity index (χ4n) is 3.24. The van der Waals surface area contributed by atoms with Gasteiger partial charge in [0, 0.05) is 25.0 Å². The molecule has 112 valence electrons. The second-order valence-corrected chi connectivity index (χ2v) is 5.88. The number of carbonyl (C=O) groups excluding carboxylic acids is 1. The summed E-state index contributed by atoms with van der Waals surface area (Å²) in [6.07, 6.45) is 6.75. The van der Waals surface area contributed by atoms with Gasteiger partial charge in [-0.25, -0.2) is 0 Å². The number of hydrogen-bond donors (Lipinski definition) is 2. The first-order valence-electron chi connectivity index (χ1n) is 7.23. The van der Waals surface area contributed by atoms with Crippen molar-refractivity contribution < 1.29 is 9.53 Å². The Morgan fingerprint density at radius 3 is 2.53 bits per heavy atom. The molecule has 1 amide bonds. The lowest BCUT2D eigenvalue weighted by Crippen LogP contribution is -2.48. The second kappa shape index (κ2) is 8.08. The largest absolute Gasteiger partial charge is 0.384 e. The van der Waals surface area contributed by atoms with Gasteiger partial charge in [-0.15, -0.1) is 12.4 Å². The van der Waals surface area contributed by atoms with Gasteiger partial charge in [0.1, 0.15) is 0 Å². The summed E-state index contributed by atoms with van der Waals surface area (Å²) in [7, 11) is 1.75. The minimum absolute atomic E-state index is 0. The van der Waals surface area contributed by atoms with Crippen LogP contribution in [0.15, 0.2) is 0 Å². The van der Waals surface area contributed by atoms with Gasteiger partial charge in [-0.05, 0) is 38.8 Å². The van der Waals surface area contributed by atoms with Gasteiger partial charge < -0.3 is 15.4 Å². The van der Waals surface area contributed by atoms with Crippen LogP contribution >= 0.6 is 12.4 Å². The summed E-state index contributed by atoms with van der Waals surface area (Å²) in [5, 5.41) is 6.55. The number of carbonyl (C=O) groups is 1. The molecule has 1 heterocycles. The molecule has 0 spiro atoms. The van der Waals surface area contributed by atoms with Gasteiger partial charge in [-0.3, -0.25) is 4.79 Å². The molecule has 2 aliphatic rings. The van der Waals surface area contributed by atoms with Crippen LogP contribution in [0, 0.1) is 11.3 Å². The van der Waals surface area contributed by atoms with E-state index in [9.17, 15) is 4.79 Å². The highest BCUT2D eigenvalue weighted by Crippen LogP contribution is 2.29. The van der Waals surface area contributed by atoms with E-state index in [1.54, 1.807) is 7.11 Å². The first-order chi connectivity index (χ1) is 8.76. The molecule has 1 saturated carbocycles. The van der Waals surface area contributed by atoms with E-state index in [4.69, 9.17) is 4.74 Å². The first-order valence-corrected chi connectivity index (χ1v) is 7.23. The predicted octanol–water partition coefficient (Wildman–Crippen LogP) is 1.73. The SMILES string of the molecule is COCC1(CNC(=O)C2CCCC2)CCNCC1.Cl. The molecule has 0 atom stereocenters. The molecule has 2 rings (SSSR count). The van der Waals surface area contributed by atoms with Crippen LogP contribution in [-0.4, -0.2) is 39.3 Å². The van der Waals surface area contributed by atoms with Crippen LogP contribution in [0.3, 0.4) is 0 Å². The quantitative estimate of drug-likeness (QED) is 0.811. The Bertz CT molecular complexity index is 269. The number of nitrogens with one attached hydrogen (secondary N) is 2. The molecular formula is C14H27ClN2O2. The molecule has 5 heteroatoms. The Morgan fingerprint density at radius 1 is 1.32 bits per heavy atom. The third kappa shape index (κ3) is 4.62. The van der Waals surface area contributed by atoms with Crippen molar-refractivity contribution in [2.75, 3.05) is 33.4 Å². The average molecular weight is 291 g/mol. The molecule has 1 saturated heterocycles. The van der Waals surface area contributed by atoms with Crippen molar-refractivity contribution in [2.24, 2.45) is 11.3 Å². The van der Waals surface area contributed by atoms with Crippen LogP contribution in [0.2, 0.25) is 0 Å². The van der Waals surface area contributed by atoms with Crippen molar-refractivity contribution in [3.63, 3.8) is 0 Å². The molecule has 1 aliphatic carbocycles. The molecule has 1 aliphatic heterocycles. The average Bonchev–Trinajstić information content (AvgIpc) is 2.91. The second-order valence-electron chi connectivity index (χ2n) is 5.88. The summed E-state index contributed by atoms with van der Waals surface area (Å²) in [4.78, 5) is 12.1. The van der Waals surface area contributed by atoms with Crippen LogP contribution < -0.4 is 10.6 Å². The highest BCUT2D eigenvalue weighted by molar-refractivity contribution is 5.85. The summed E-state index contributed by atoms with van der Waals surface area (Å²) < 4.78 is 5.36. The van der Waals surface area contributed by atoms with E-state index in [0.717, 1.165) is 51.9 Å². The van der Waals surface area contributed by atoms with E-state index < -0.39 is 0 Å². The van der Waals surface area contributed by atoms with Gasteiger partial charge in [0.15, 0.2) is 0 Å². The zero-order chi connectivity index (χ0) is 12.8. The molecule has 0 radical (unpaired) electrons. The zero-order valence-corrected chi connectivity index (χ0v) is 12.7. The van der Waals surface area contributed by atoms with Gasteiger partial charge >= 0.3 is 0 Å². The van der Waals surface area contributed by atoms with Crippen molar-refractivity contribution in [2.45, 2.75) is 38.5 Å². The summed E-state index contributed by atoms with van der Waals surface area (Å²) in [5.41, 5.74) is 0.147. The maximum Gasteiger partial charge on any atom is 0.223 e. The van der Waals surface area contributed by atoms with Gasteiger partial charge in [-0.2, -0.15) is 0 Å². The van der Waals surface area contributed by atoms with E-state index in [1.807, 2.05) is 0 Å². The Labute approximate surface area is 122 Å². The van der Waals surface area contributed by atoms with Crippen molar-refractivity contribution in [1.29, 1.82) is 0 Å². The Kier molecular flexibility index (Phi) is 7.11. The van der Waals surface area contributed by atoms with Gasteiger partial charge in [0.25, 0.3) is 0 Å². The van der Waals surface area contributed by atoms with E-state index in [0.29, 0.717) is 0 Å². The normalized spacial score (nSPS) is 22.8. The van der Waals surface area contributed by atoms with Crippen molar-refractivity contribution in [1.82, 2.24) is 10.6 Å². The number of hydrogen-bond acceptors (Lipinski definition) is 3. The van der Waals surface area contributed by atoms with E-state index in [2.05, 4.69) is 10.6 Å². The van der Waals surface area contributed by atoms with Crippen molar-refractivity contribution >= 4 is 18.3 Å². The van der Waals surface area contributed by atoms with Gasteiger partial charge in [-0.1, -0.05) is 12.8 Å². The van der Waals surface area contributed by atoms with Crippen LogP contribution in [0.5, 0.6) is 0 Å². The first kappa shape index (κ1) is 16.7. The fourth-order valence-corrected chi connectivity index (χ4v) is 3.24. The zero-order valence-electron chi connectivity index (χ0n) is 11.9. The molecule has 0 unspecified atom stereocenters. The molecule has 0 aromatic carbocycles. The lowest BCUT2D eigenvalue weighted by molar-refractivity contribution is -0.125. The Balaban J connectivity index is 0.00000180. The number of piperidine rings is 1. The molecule has 2 N–H and O–H groups in total. The maximum absolute atomic E-state index is 12.1. The highest BCUT2D eigenvalue weighted by Gasteiger charge is 2.33. The molecule has 0 bridgehead atoms. The molecular weight excluding hydrogens is 264 g/mol. The van der Waals surface area contributed by atoms with E-state index in [-0.39, 0.29) is 29.6 Å². The third-order valence-corrected chi connectivity index (χ3v) is 4.48. The number of amides is 1. The molecule has 19 heavy (non-hydrogen) atoms. The lowest BCUT2D eigenvalue weighted by atomic mass is 9.79. The molecule has 0 aromatic heterocycles. The topological polar surface area (TPSA) is 50.4 Å². The lowest BCUT2D eigenvalue weighted by Gasteiger charge is -2.37. The minimum Gasteiger partial charge on any atom is -0.384 e. The van der Waals surface area contributed by atoms with Gasteiger partial charge in [0.05, 0.1) is 6.61 Å². The van der Waals surface area contributed by atoms with Crippen LogP contribution in [0.25, 0.3) is 0 Å². The Hall–Kier alpha value is -0.320. The standard InChI is InChI=1S/C14H26N2O2.ClH/c1-18-11-14(6-8-15-9-7-14)10-16-13(17)12-4-2-3-5-12;/h12,15H,2-11H2,1H3,(H,16,17);1H. The van der Waals surface area contributed by atoms with E-state index >= 15 is 0 Å². The Morgan fingerprint density at radius 2 is 1.95 bits per heavy atom. The summed E-state index contributed by atoms with van der Waals surface area (Å²) in [5.74, 6) is 0.535. The van der Waals surface area contributed by atoms with Crippen molar-refractivity contribution in [3.8, 4) is 0 Å². The van der Waals surface area contributed by atoms with Crippen molar-refractivity contribution in [3.05, 3.63) is 0 Å². The summed E-state index contributed by atoms with van der Waals surface area (Å²) in [6, 6.07) is 0. The van der Waals surface area contributed by atoms with E-state index in [1.165, 1.54) is 12.8 Å². The fraction of sp³-hybridized carbons (Fsp3) is 0.929. The van der Waals surface area contributed by atoms with Crippen LogP contribution in [-0.2, 0) is 9.53 Å². The number of methoxy groups -OCH3 is 1.